The maximum absolute atomic E-state index is 12.5. The van der Waals surface area contributed by atoms with E-state index in [-0.39, 0.29) is 29.8 Å². The molecular formula is C19H22N2O3S. The Labute approximate surface area is 148 Å². The van der Waals surface area contributed by atoms with Crippen LogP contribution in [0.25, 0.3) is 0 Å². The van der Waals surface area contributed by atoms with Gasteiger partial charge in [-0.3, -0.25) is 4.79 Å². The average molecular weight is 358 g/mol. The zero-order valence-corrected chi connectivity index (χ0v) is 14.8. The molecule has 0 aromatic heterocycles. The SMILES string of the molecule is O=C(CCNS(=O)(=O)c1ccccc1)N1CCCC1c1ccccc1. The van der Waals surface area contributed by atoms with Crippen molar-refractivity contribution in [1.29, 1.82) is 0 Å². The lowest BCUT2D eigenvalue weighted by molar-refractivity contribution is -0.131. The Morgan fingerprint density at radius 3 is 2.36 bits per heavy atom. The van der Waals surface area contributed by atoms with Gasteiger partial charge in [-0.1, -0.05) is 48.5 Å². The minimum Gasteiger partial charge on any atom is -0.336 e. The van der Waals surface area contributed by atoms with E-state index in [0.717, 1.165) is 24.9 Å². The van der Waals surface area contributed by atoms with Gasteiger partial charge < -0.3 is 4.90 Å². The lowest BCUT2D eigenvalue weighted by Crippen LogP contribution is -2.34. The van der Waals surface area contributed by atoms with Crippen molar-refractivity contribution in [2.45, 2.75) is 30.2 Å². The Kier molecular flexibility index (Phi) is 5.50. The Morgan fingerprint density at radius 1 is 1.04 bits per heavy atom. The number of amides is 1. The van der Waals surface area contributed by atoms with Gasteiger partial charge in [0.2, 0.25) is 15.9 Å². The van der Waals surface area contributed by atoms with Gasteiger partial charge in [0.1, 0.15) is 0 Å². The van der Waals surface area contributed by atoms with Crippen molar-refractivity contribution in [2.75, 3.05) is 13.1 Å². The zero-order valence-electron chi connectivity index (χ0n) is 14.0. The van der Waals surface area contributed by atoms with Crippen molar-refractivity contribution in [3.05, 3.63) is 66.2 Å². The van der Waals surface area contributed by atoms with Crippen LogP contribution in [0.1, 0.15) is 30.9 Å². The van der Waals surface area contributed by atoms with Crippen LogP contribution < -0.4 is 4.72 Å². The molecule has 3 rings (SSSR count). The molecule has 1 heterocycles. The Bertz CT molecular complexity index is 807. The van der Waals surface area contributed by atoms with Crippen LogP contribution in [-0.4, -0.2) is 32.3 Å². The summed E-state index contributed by atoms with van der Waals surface area (Å²) in [6, 6.07) is 18.3. The third-order valence-corrected chi connectivity index (χ3v) is 5.92. The van der Waals surface area contributed by atoms with Gasteiger partial charge in [0, 0.05) is 19.5 Å². The molecule has 2 aromatic carbocycles. The molecule has 0 spiro atoms. The van der Waals surface area contributed by atoms with E-state index < -0.39 is 10.0 Å². The number of carbonyl (C=O) groups excluding carboxylic acids is 1. The van der Waals surface area contributed by atoms with E-state index in [9.17, 15) is 13.2 Å². The molecule has 1 atom stereocenters. The number of sulfonamides is 1. The van der Waals surface area contributed by atoms with E-state index in [1.807, 2.05) is 35.2 Å². The van der Waals surface area contributed by atoms with Gasteiger partial charge in [-0.25, -0.2) is 13.1 Å². The van der Waals surface area contributed by atoms with Crippen molar-refractivity contribution >= 4 is 15.9 Å². The second kappa shape index (κ2) is 7.80. The minimum atomic E-state index is -3.57. The molecule has 132 valence electrons. The Hall–Kier alpha value is -2.18. The van der Waals surface area contributed by atoms with Gasteiger partial charge in [-0.15, -0.1) is 0 Å². The van der Waals surface area contributed by atoms with Crippen LogP contribution in [0, 0.1) is 0 Å². The first kappa shape index (κ1) is 17.6. The summed E-state index contributed by atoms with van der Waals surface area (Å²) in [5.41, 5.74) is 1.14. The summed E-state index contributed by atoms with van der Waals surface area (Å²) in [7, 11) is -3.57. The maximum Gasteiger partial charge on any atom is 0.240 e. The highest BCUT2D eigenvalue weighted by molar-refractivity contribution is 7.89. The predicted octanol–water partition coefficient (Wildman–Crippen LogP) is 2.72. The standard InChI is InChI=1S/C19H22N2O3S/c22-19(13-14-20-25(23,24)17-10-5-2-6-11-17)21-15-7-12-18(21)16-8-3-1-4-9-16/h1-6,8-11,18,20H,7,12-15H2. The smallest absolute Gasteiger partial charge is 0.240 e. The summed E-state index contributed by atoms with van der Waals surface area (Å²) in [5, 5.41) is 0. The monoisotopic (exact) mass is 358 g/mol. The molecule has 5 nitrogen and oxygen atoms in total. The highest BCUT2D eigenvalue weighted by atomic mass is 32.2. The van der Waals surface area contributed by atoms with Crippen LogP contribution in [0.5, 0.6) is 0 Å². The number of nitrogens with one attached hydrogen (secondary N) is 1. The molecule has 0 radical (unpaired) electrons. The topological polar surface area (TPSA) is 66.5 Å². The highest BCUT2D eigenvalue weighted by Gasteiger charge is 2.29. The van der Waals surface area contributed by atoms with E-state index in [1.54, 1.807) is 18.2 Å². The van der Waals surface area contributed by atoms with Crippen LogP contribution in [0.15, 0.2) is 65.6 Å². The average Bonchev–Trinajstić information content (AvgIpc) is 3.13. The van der Waals surface area contributed by atoms with Crippen molar-refractivity contribution in [3.63, 3.8) is 0 Å². The van der Waals surface area contributed by atoms with Crippen molar-refractivity contribution in [1.82, 2.24) is 9.62 Å². The van der Waals surface area contributed by atoms with Gasteiger partial charge in [0.05, 0.1) is 10.9 Å². The largest absolute Gasteiger partial charge is 0.336 e. The lowest BCUT2D eigenvalue weighted by Gasteiger charge is -2.25. The molecule has 1 unspecified atom stereocenters. The summed E-state index contributed by atoms with van der Waals surface area (Å²) < 4.78 is 26.9. The van der Waals surface area contributed by atoms with Crippen molar-refractivity contribution < 1.29 is 13.2 Å². The summed E-state index contributed by atoms with van der Waals surface area (Å²) in [6.45, 7) is 0.831. The first-order valence-corrected chi connectivity index (χ1v) is 9.95. The normalized spacial score (nSPS) is 17.6. The maximum atomic E-state index is 12.5. The summed E-state index contributed by atoms with van der Waals surface area (Å²) in [4.78, 5) is 14.6. The summed E-state index contributed by atoms with van der Waals surface area (Å²) in [5.74, 6) is -0.0119. The molecule has 25 heavy (non-hydrogen) atoms. The number of rotatable bonds is 6. The van der Waals surface area contributed by atoms with Crippen molar-refractivity contribution in [3.8, 4) is 0 Å². The summed E-state index contributed by atoms with van der Waals surface area (Å²) >= 11 is 0. The van der Waals surface area contributed by atoms with Gasteiger partial charge in [0.15, 0.2) is 0 Å². The third-order valence-electron chi connectivity index (χ3n) is 4.44. The molecule has 6 heteroatoms. The van der Waals surface area contributed by atoms with E-state index in [0.29, 0.717) is 0 Å². The quantitative estimate of drug-likeness (QED) is 0.863. The van der Waals surface area contributed by atoms with E-state index >= 15 is 0 Å². The molecule has 1 aliphatic heterocycles. The molecule has 1 N–H and O–H groups in total. The molecule has 1 fully saturated rings. The first-order valence-electron chi connectivity index (χ1n) is 8.47. The number of likely N-dealkylation sites (tertiary alicyclic amines) is 1. The number of carbonyl (C=O) groups is 1. The predicted molar refractivity (Wildman–Crippen MR) is 96.4 cm³/mol. The number of hydrogen-bond donors (Lipinski definition) is 1. The van der Waals surface area contributed by atoms with Crippen LogP contribution in [0.3, 0.4) is 0 Å². The fourth-order valence-corrected chi connectivity index (χ4v) is 4.26. The van der Waals surface area contributed by atoms with Crippen LogP contribution in [0.2, 0.25) is 0 Å². The molecule has 0 bridgehead atoms. The van der Waals surface area contributed by atoms with Crippen LogP contribution in [-0.2, 0) is 14.8 Å². The fraction of sp³-hybridized carbons (Fsp3) is 0.316. The Balaban J connectivity index is 1.57. The molecule has 0 saturated carbocycles. The van der Waals surface area contributed by atoms with Crippen LogP contribution >= 0.6 is 0 Å². The molecule has 2 aromatic rings. The zero-order chi connectivity index (χ0) is 17.7. The third kappa shape index (κ3) is 4.27. The molecule has 1 saturated heterocycles. The fourth-order valence-electron chi connectivity index (χ4n) is 3.21. The Morgan fingerprint density at radius 2 is 1.68 bits per heavy atom. The van der Waals surface area contributed by atoms with E-state index in [1.165, 1.54) is 12.1 Å². The second-order valence-corrected chi connectivity index (χ2v) is 7.88. The van der Waals surface area contributed by atoms with Crippen molar-refractivity contribution in [2.24, 2.45) is 0 Å². The highest BCUT2D eigenvalue weighted by Crippen LogP contribution is 2.32. The minimum absolute atomic E-state index is 0.0119. The lowest BCUT2D eigenvalue weighted by atomic mass is 10.0. The van der Waals surface area contributed by atoms with Gasteiger partial charge >= 0.3 is 0 Å². The molecule has 0 aliphatic carbocycles. The number of benzene rings is 2. The van der Waals surface area contributed by atoms with E-state index in [4.69, 9.17) is 0 Å². The van der Waals surface area contributed by atoms with Crippen LogP contribution in [0.4, 0.5) is 0 Å². The number of nitrogens with zero attached hydrogens (tertiary/aromatic N) is 1. The molecule has 1 aliphatic rings. The number of hydrogen-bond acceptors (Lipinski definition) is 3. The van der Waals surface area contributed by atoms with E-state index in [2.05, 4.69) is 4.72 Å². The van der Waals surface area contributed by atoms with Gasteiger partial charge in [-0.05, 0) is 30.5 Å². The van der Waals surface area contributed by atoms with Gasteiger partial charge in [0.25, 0.3) is 0 Å². The molecular weight excluding hydrogens is 336 g/mol. The van der Waals surface area contributed by atoms with Gasteiger partial charge in [-0.2, -0.15) is 0 Å². The summed E-state index contributed by atoms with van der Waals surface area (Å²) in [6.07, 6.45) is 2.09. The molecule has 1 amide bonds. The first-order chi connectivity index (χ1) is 12.1. The second-order valence-electron chi connectivity index (χ2n) is 6.12.